The van der Waals surface area contributed by atoms with Crippen molar-refractivity contribution in [1.29, 1.82) is 0 Å². The molecule has 104 valence electrons. The predicted molar refractivity (Wildman–Crippen MR) is 70.7 cm³/mol. The number of benzene rings is 1. The topological polar surface area (TPSA) is 90.4 Å². The lowest BCUT2D eigenvalue weighted by molar-refractivity contribution is 0.0997. The van der Waals surface area contributed by atoms with E-state index in [9.17, 15) is 4.79 Å². The molecule has 6 heteroatoms. The third-order valence-corrected chi connectivity index (χ3v) is 3.41. The van der Waals surface area contributed by atoms with Crippen molar-refractivity contribution < 1.29 is 14.7 Å². The highest BCUT2D eigenvalue weighted by Crippen LogP contribution is 2.42. The second-order valence-corrected chi connectivity index (χ2v) is 4.87. The average molecular weight is 273 g/mol. The van der Waals surface area contributed by atoms with Gasteiger partial charge in [0.15, 0.2) is 0 Å². The normalized spacial score (nSPS) is 14.2. The van der Waals surface area contributed by atoms with Crippen molar-refractivity contribution in [1.82, 2.24) is 9.94 Å². The van der Waals surface area contributed by atoms with Crippen LogP contribution in [0.5, 0.6) is 5.88 Å². The van der Waals surface area contributed by atoms with Crippen LogP contribution in [0, 0.1) is 0 Å². The lowest BCUT2D eigenvalue weighted by Crippen LogP contribution is -2.16. The molecule has 6 nitrogen and oxygen atoms in total. The summed E-state index contributed by atoms with van der Waals surface area (Å²) in [6, 6.07) is 7.11. The third-order valence-electron chi connectivity index (χ3n) is 3.41. The van der Waals surface area contributed by atoms with Crippen molar-refractivity contribution >= 4 is 5.91 Å². The van der Waals surface area contributed by atoms with Crippen LogP contribution in [0.25, 0.3) is 0 Å². The quantitative estimate of drug-likeness (QED) is 0.811. The van der Waals surface area contributed by atoms with Gasteiger partial charge in [-0.3, -0.25) is 4.79 Å². The van der Waals surface area contributed by atoms with Gasteiger partial charge in [0.25, 0.3) is 0 Å². The van der Waals surface area contributed by atoms with Gasteiger partial charge in [0, 0.05) is 17.2 Å². The van der Waals surface area contributed by atoms with E-state index < -0.39 is 5.91 Å². The van der Waals surface area contributed by atoms with Crippen molar-refractivity contribution in [2.75, 3.05) is 0 Å². The van der Waals surface area contributed by atoms with Crippen LogP contribution in [0.15, 0.2) is 30.5 Å². The van der Waals surface area contributed by atoms with Gasteiger partial charge in [-0.2, -0.15) is 0 Å². The summed E-state index contributed by atoms with van der Waals surface area (Å²) < 4.78 is 5.52. The minimum absolute atomic E-state index is 0.210. The fourth-order valence-corrected chi connectivity index (χ4v) is 2.29. The number of carbonyl (C=O) groups excluding carboxylic acids is 1. The van der Waals surface area contributed by atoms with E-state index in [0.29, 0.717) is 22.2 Å². The van der Waals surface area contributed by atoms with Crippen LogP contribution in [0.2, 0.25) is 0 Å². The van der Waals surface area contributed by atoms with E-state index in [1.165, 1.54) is 6.20 Å². The number of ether oxygens (including phenoxy) is 1. The van der Waals surface area contributed by atoms with Gasteiger partial charge < -0.3 is 15.7 Å². The van der Waals surface area contributed by atoms with Crippen molar-refractivity contribution in [3.05, 3.63) is 47.2 Å². The zero-order chi connectivity index (χ0) is 14.1. The Morgan fingerprint density at radius 3 is 2.85 bits per heavy atom. The fourth-order valence-electron chi connectivity index (χ4n) is 2.29. The van der Waals surface area contributed by atoms with Gasteiger partial charge in [0.05, 0.1) is 6.20 Å². The van der Waals surface area contributed by atoms with Gasteiger partial charge in [-0.15, -0.1) is 4.85 Å². The first-order chi connectivity index (χ1) is 9.65. The molecule has 1 aromatic heterocycles. The molecule has 0 aliphatic heterocycles. The number of hydrogen-bond donors (Lipinski definition) is 2. The maximum absolute atomic E-state index is 11.5. The van der Waals surface area contributed by atoms with E-state index in [4.69, 9.17) is 15.7 Å². The molecule has 2 aromatic rings. The molecule has 0 bridgehead atoms. The number of nitrogens with two attached hydrogens (primary N) is 1. The minimum atomic E-state index is -0.459. The smallest absolute Gasteiger partial charge is 0.249 e. The van der Waals surface area contributed by atoms with Gasteiger partial charge in [0.1, 0.15) is 6.61 Å². The van der Waals surface area contributed by atoms with Crippen LogP contribution < -0.4 is 10.5 Å². The predicted octanol–water partition coefficient (Wildman–Crippen LogP) is 1.68. The number of primary amides is 1. The zero-order valence-electron chi connectivity index (χ0n) is 10.8. The maximum Gasteiger partial charge on any atom is 0.249 e. The number of rotatable bonds is 5. The molecule has 0 saturated heterocycles. The monoisotopic (exact) mass is 273 g/mol. The highest BCUT2D eigenvalue weighted by atomic mass is 16.5. The summed E-state index contributed by atoms with van der Waals surface area (Å²) in [5, 5.41) is 12.8. The van der Waals surface area contributed by atoms with Gasteiger partial charge in [-0.05, 0) is 30.4 Å². The lowest BCUT2D eigenvalue weighted by atomic mass is 9.98. The first-order valence-electron chi connectivity index (χ1n) is 6.44. The molecule has 1 aliphatic carbocycles. The molecule has 3 rings (SSSR count). The minimum Gasteiger partial charge on any atom is -0.472 e. The molecule has 1 saturated carbocycles. The van der Waals surface area contributed by atoms with Gasteiger partial charge >= 0.3 is 0 Å². The Morgan fingerprint density at radius 1 is 1.45 bits per heavy atom. The Balaban J connectivity index is 1.87. The number of amides is 1. The van der Waals surface area contributed by atoms with Crippen molar-refractivity contribution in [2.24, 2.45) is 5.73 Å². The molecule has 20 heavy (non-hydrogen) atoms. The number of nitrogens with zero attached hydrogens (tertiary/aromatic N) is 2. The summed E-state index contributed by atoms with van der Waals surface area (Å²) in [5.41, 5.74) is 7.84. The average Bonchev–Trinajstić information content (AvgIpc) is 3.19. The van der Waals surface area contributed by atoms with Crippen LogP contribution in [0.4, 0.5) is 0 Å². The Bertz CT molecular complexity index is 647. The fraction of sp³-hybridized carbons (Fsp3) is 0.286. The molecule has 1 amide bonds. The first-order valence-corrected chi connectivity index (χ1v) is 6.44. The molecule has 0 radical (unpaired) electrons. The maximum atomic E-state index is 11.5. The van der Waals surface area contributed by atoms with Crippen LogP contribution in [-0.2, 0) is 6.61 Å². The Kier molecular flexibility index (Phi) is 3.06. The molecule has 0 unspecified atom stereocenters. The lowest BCUT2D eigenvalue weighted by Gasteiger charge is -2.12. The van der Waals surface area contributed by atoms with E-state index in [2.05, 4.69) is 5.10 Å². The first kappa shape index (κ1) is 12.5. The number of aromatic nitrogens is 2. The van der Waals surface area contributed by atoms with Gasteiger partial charge in [-0.1, -0.05) is 17.2 Å². The van der Waals surface area contributed by atoms with E-state index >= 15 is 0 Å². The SMILES string of the molecule is NC(=O)c1cccc(C2CC2)c1COc1ccn(O)n1. The molecule has 1 fully saturated rings. The van der Waals surface area contributed by atoms with Crippen molar-refractivity contribution in [3.63, 3.8) is 0 Å². The van der Waals surface area contributed by atoms with Crippen LogP contribution in [-0.4, -0.2) is 21.1 Å². The molecule has 3 N–H and O–H groups in total. The molecule has 1 aliphatic rings. The Hall–Kier alpha value is -2.50. The van der Waals surface area contributed by atoms with Crippen LogP contribution in [0.1, 0.15) is 40.2 Å². The standard InChI is InChI=1S/C14H15N3O3/c15-14(18)11-3-1-2-10(9-4-5-9)12(11)8-20-13-6-7-17(19)16-13/h1-3,6-7,9,19H,4-5,8H2,(H2,15,18). The van der Waals surface area contributed by atoms with E-state index in [1.54, 1.807) is 12.1 Å². The van der Waals surface area contributed by atoms with E-state index in [-0.39, 0.29) is 6.61 Å². The highest BCUT2D eigenvalue weighted by molar-refractivity contribution is 5.94. The Morgan fingerprint density at radius 2 is 2.25 bits per heavy atom. The van der Waals surface area contributed by atoms with Crippen molar-refractivity contribution in [3.8, 4) is 5.88 Å². The molecule has 1 heterocycles. The van der Waals surface area contributed by atoms with E-state index in [0.717, 1.165) is 24.0 Å². The Labute approximate surface area is 115 Å². The van der Waals surface area contributed by atoms with Gasteiger partial charge in [-0.25, -0.2) is 0 Å². The molecule has 1 aromatic carbocycles. The van der Waals surface area contributed by atoms with Crippen molar-refractivity contribution in [2.45, 2.75) is 25.4 Å². The zero-order valence-corrected chi connectivity index (χ0v) is 10.8. The largest absolute Gasteiger partial charge is 0.472 e. The summed E-state index contributed by atoms with van der Waals surface area (Å²) in [6.07, 6.45) is 3.62. The summed E-state index contributed by atoms with van der Waals surface area (Å²) in [5.74, 6) is 0.329. The molecule has 0 atom stereocenters. The van der Waals surface area contributed by atoms with Crippen LogP contribution in [0.3, 0.4) is 0 Å². The van der Waals surface area contributed by atoms with Gasteiger partial charge in [0.2, 0.25) is 11.8 Å². The summed E-state index contributed by atoms with van der Waals surface area (Å²) in [7, 11) is 0. The second kappa shape index (κ2) is 4.88. The summed E-state index contributed by atoms with van der Waals surface area (Å²) in [4.78, 5) is 12.2. The summed E-state index contributed by atoms with van der Waals surface area (Å²) >= 11 is 0. The third kappa shape index (κ3) is 2.45. The van der Waals surface area contributed by atoms with E-state index in [1.807, 2.05) is 12.1 Å². The second-order valence-electron chi connectivity index (χ2n) is 4.87. The molecular weight excluding hydrogens is 258 g/mol. The summed E-state index contributed by atoms with van der Waals surface area (Å²) in [6.45, 7) is 0.210. The van der Waals surface area contributed by atoms with Crippen LogP contribution >= 0.6 is 0 Å². The highest BCUT2D eigenvalue weighted by Gasteiger charge is 2.28. The number of hydrogen-bond acceptors (Lipinski definition) is 4. The molecular formula is C14H15N3O3. The molecule has 0 spiro atoms. The number of carbonyl (C=O) groups is 1.